The summed E-state index contributed by atoms with van der Waals surface area (Å²) in [7, 11) is 0. The molecule has 0 spiro atoms. The van der Waals surface area contributed by atoms with Crippen molar-refractivity contribution in [1.29, 1.82) is 5.41 Å². The first-order valence-corrected chi connectivity index (χ1v) is 6.35. The highest BCUT2D eigenvalue weighted by Crippen LogP contribution is 2.32. The van der Waals surface area contributed by atoms with Crippen molar-refractivity contribution >= 4 is 21.8 Å². The summed E-state index contributed by atoms with van der Waals surface area (Å²) in [5, 5.41) is 7.53. The molecule has 2 rings (SSSR count). The number of halogens is 2. The van der Waals surface area contributed by atoms with Gasteiger partial charge in [-0.25, -0.2) is 4.39 Å². The van der Waals surface area contributed by atoms with Gasteiger partial charge < -0.3 is 10.5 Å². The molecule has 5 heteroatoms. The number of aryl methyl sites for hydroxylation is 1. The zero-order chi connectivity index (χ0) is 14.0. The van der Waals surface area contributed by atoms with Crippen LogP contribution in [-0.4, -0.2) is 5.84 Å². The molecule has 0 radical (unpaired) electrons. The lowest BCUT2D eigenvalue weighted by Crippen LogP contribution is -2.13. The molecule has 3 nitrogen and oxygen atoms in total. The Balaban J connectivity index is 2.49. The van der Waals surface area contributed by atoms with Gasteiger partial charge in [-0.05, 0) is 36.8 Å². The van der Waals surface area contributed by atoms with E-state index < -0.39 is 5.82 Å². The molecule has 98 valence electrons. The molecule has 0 heterocycles. The van der Waals surface area contributed by atoms with Gasteiger partial charge in [0.2, 0.25) is 0 Å². The monoisotopic (exact) mass is 322 g/mol. The molecule has 0 bridgehead atoms. The maximum Gasteiger partial charge on any atom is 0.165 e. The molecule has 0 fully saturated rings. The van der Waals surface area contributed by atoms with Crippen molar-refractivity contribution in [2.75, 3.05) is 0 Å². The van der Waals surface area contributed by atoms with Crippen LogP contribution in [0, 0.1) is 18.2 Å². The largest absolute Gasteiger partial charge is 0.453 e. The predicted octanol–water partition coefficient (Wildman–Crippen LogP) is 3.97. The lowest BCUT2D eigenvalue weighted by Gasteiger charge is -2.13. The van der Waals surface area contributed by atoms with Gasteiger partial charge in [0.25, 0.3) is 0 Å². The van der Waals surface area contributed by atoms with Gasteiger partial charge in [0.05, 0.1) is 5.56 Å². The third-order valence-corrected chi connectivity index (χ3v) is 3.10. The van der Waals surface area contributed by atoms with Crippen LogP contribution >= 0.6 is 15.9 Å². The number of para-hydroxylation sites is 1. The molecule has 0 aromatic heterocycles. The topological polar surface area (TPSA) is 59.1 Å². The Morgan fingerprint density at radius 3 is 2.74 bits per heavy atom. The van der Waals surface area contributed by atoms with Crippen LogP contribution in [0.2, 0.25) is 0 Å². The van der Waals surface area contributed by atoms with E-state index >= 15 is 0 Å². The Hall–Kier alpha value is -1.88. The highest BCUT2D eigenvalue weighted by atomic mass is 79.9. The quantitative estimate of drug-likeness (QED) is 0.663. The molecule has 0 atom stereocenters. The zero-order valence-electron chi connectivity index (χ0n) is 10.2. The number of amidine groups is 1. The van der Waals surface area contributed by atoms with Crippen LogP contribution in [0.5, 0.6) is 11.5 Å². The Kier molecular flexibility index (Phi) is 3.85. The van der Waals surface area contributed by atoms with Crippen LogP contribution in [0.4, 0.5) is 4.39 Å². The summed E-state index contributed by atoms with van der Waals surface area (Å²) in [6.07, 6.45) is 0. The number of ether oxygens (including phenoxy) is 1. The van der Waals surface area contributed by atoms with Crippen molar-refractivity contribution in [1.82, 2.24) is 0 Å². The molecule has 3 N–H and O–H groups in total. The van der Waals surface area contributed by atoms with E-state index in [-0.39, 0.29) is 11.6 Å². The smallest absolute Gasteiger partial charge is 0.165 e. The Labute approximate surface area is 118 Å². The number of nitrogen functional groups attached to an aromatic ring is 1. The Morgan fingerprint density at radius 1 is 1.32 bits per heavy atom. The average Bonchev–Trinajstić information content (AvgIpc) is 2.35. The van der Waals surface area contributed by atoms with Gasteiger partial charge in [0, 0.05) is 4.47 Å². The highest BCUT2D eigenvalue weighted by Gasteiger charge is 2.13. The normalized spacial score (nSPS) is 10.3. The number of hydrogen-bond acceptors (Lipinski definition) is 2. The minimum Gasteiger partial charge on any atom is -0.453 e. The van der Waals surface area contributed by atoms with Gasteiger partial charge in [-0.1, -0.05) is 28.1 Å². The van der Waals surface area contributed by atoms with Crippen LogP contribution in [-0.2, 0) is 0 Å². The van der Waals surface area contributed by atoms with E-state index in [0.717, 1.165) is 5.56 Å². The van der Waals surface area contributed by atoms with E-state index in [0.29, 0.717) is 15.8 Å². The van der Waals surface area contributed by atoms with E-state index in [1.54, 1.807) is 18.2 Å². The number of rotatable bonds is 3. The second-order valence-electron chi connectivity index (χ2n) is 4.04. The molecule has 0 amide bonds. The fraction of sp³-hybridized carbons (Fsp3) is 0.0714. The minimum absolute atomic E-state index is 0.0891. The summed E-state index contributed by atoms with van der Waals surface area (Å²) in [5.41, 5.74) is 6.73. The van der Waals surface area contributed by atoms with Gasteiger partial charge >= 0.3 is 0 Å². The van der Waals surface area contributed by atoms with E-state index in [1.165, 1.54) is 12.1 Å². The number of benzene rings is 2. The SMILES string of the molecule is Cc1cccc(C(=N)N)c1Oc1cc(Br)ccc1F. The second kappa shape index (κ2) is 5.40. The Bertz CT molecular complexity index is 643. The lowest BCUT2D eigenvalue weighted by molar-refractivity contribution is 0.438. The minimum atomic E-state index is -0.471. The average molecular weight is 323 g/mol. The van der Waals surface area contributed by atoms with Crippen LogP contribution in [0.1, 0.15) is 11.1 Å². The van der Waals surface area contributed by atoms with E-state index in [9.17, 15) is 4.39 Å². The first kappa shape index (κ1) is 13.5. The lowest BCUT2D eigenvalue weighted by atomic mass is 10.1. The molecule has 0 aliphatic rings. The van der Waals surface area contributed by atoms with Crippen LogP contribution in [0.3, 0.4) is 0 Å². The summed E-state index contributed by atoms with van der Waals surface area (Å²) < 4.78 is 20.0. The predicted molar refractivity (Wildman–Crippen MR) is 76.4 cm³/mol. The number of hydrogen-bond donors (Lipinski definition) is 2. The number of nitrogens with two attached hydrogens (primary N) is 1. The molecule has 0 aliphatic heterocycles. The fourth-order valence-electron chi connectivity index (χ4n) is 1.67. The van der Waals surface area contributed by atoms with E-state index in [4.69, 9.17) is 15.9 Å². The van der Waals surface area contributed by atoms with Crippen LogP contribution < -0.4 is 10.5 Å². The van der Waals surface area contributed by atoms with E-state index in [1.807, 2.05) is 13.0 Å². The molecule has 2 aromatic carbocycles. The summed E-state index contributed by atoms with van der Waals surface area (Å²) in [6, 6.07) is 9.69. The van der Waals surface area contributed by atoms with Gasteiger partial charge in [0.1, 0.15) is 11.6 Å². The summed E-state index contributed by atoms with van der Waals surface area (Å²) in [4.78, 5) is 0. The zero-order valence-corrected chi connectivity index (χ0v) is 11.8. The van der Waals surface area contributed by atoms with Crippen LogP contribution in [0.25, 0.3) is 0 Å². The molecule has 0 saturated carbocycles. The highest BCUT2D eigenvalue weighted by molar-refractivity contribution is 9.10. The van der Waals surface area contributed by atoms with Crippen molar-refractivity contribution in [2.45, 2.75) is 6.92 Å². The van der Waals surface area contributed by atoms with Crippen molar-refractivity contribution in [3.63, 3.8) is 0 Å². The van der Waals surface area contributed by atoms with Crippen molar-refractivity contribution in [3.05, 3.63) is 57.8 Å². The molecular weight excluding hydrogens is 311 g/mol. The standard InChI is InChI=1S/C14H12BrFN2O/c1-8-3-2-4-10(14(17)18)13(8)19-12-7-9(15)5-6-11(12)16/h2-7H,1H3,(H3,17,18). The third-order valence-electron chi connectivity index (χ3n) is 2.61. The number of nitrogens with one attached hydrogen (secondary N) is 1. The van der Waals surface area contributed by atoms with E-state index in [2.05, 4.69) is 15.9 Å². The molecule has 19 heavy (non-hydrogen) atoms. The molecule has 2 aromatic rings. The van der Waals surface area contributed by atoms with Crippen molar-refractivity contribution in [2.24, 2.45) is 5.73 Å². The summed E-state index contributed by atoms with van der Waals surface area (Å²) >= 11 is 3.26. The maximum absolute atomic E-state index is 13.7. The van der Waals surface area contributed by atoms with Crippen molar-refractivity contribution in [3.8, 4) is 11.5 Å². The van der Waals surface area contributed by atoms with Gasteiger partial charge in [-0.15, -0.1) is 0 Å². The van der Waals surface area contributed by atoms with Crippen molar-refractivity contribution < 1.29 is 9.13 Å². The molecular formula is C14H12BrFN2O. The van der Waals surface area contributed by atoms with Gasteiger partial charge in [0.15, 0.2) is 11.6 Å². The maximum atomic E-state index is 13.7. The Morgan fingerprint density at radius 2 is 2.05 bits per heavy atom. The first-order valence-electron chi connectivity index (χ1n) is 5.56. The summed E-state index contributed by atoms with van der Waals surface area (Å²) in [6.45, 7) is 1.82. The second-order valence-corrected chi connectivity index (χ2v) is 4.96. The first-order chi connectivity index (χ1) is 8.99. The summed E-state index contributed by atoms with van der Waals surface area (Å²) in [5.74, 6) is -0.103. The molecule has 0 saturated heterocycles. The fourth-order valence-corrected chi connectivity index (χ4v) is 2.01. The van der Waals surface area contributed by atoms with Gasteiger partial charge in [-0.3, -0.25) is 5.41 Å². The molecule has 0 aliphatic carbocycles. The van der Waals surface area contributed by atoms with Crippen LogP contribution in [0.15, 0.2) is 40.9 Å². The molecule has 0 unspecified atom stereocenters. The third kappa shape index (κ3) is 2.93. The van der Waals surface area contributed by atoms with Gasteiger partial charge in [-0.2, -0.15) is 0 Å².